The van der Waals surface area contributed by atoms with Crippen LogP contribution in [0.4, 0.5) is 0 Å². The molecule has 1 aliphatic carbocycles. The summed E-state index contributed by atoms with van der Waals surface area (Å²) in [6.45, 7) is 3.37. The SMILES string of the molecule is COc1ccc2c(c1)C(N1CCC(C)(C(=O)O)C1)CC2. The zero-order valence-electron chi connectivity index (χ0n) is 12.1. The van der Waals surface area contributed by atoms with Gasteiger partial charge in [0.1, 0.15) is 5.75 Å². The number of fused-ring (bicyclic) bond motifs is 1. The van der Waals surface area contributed by atoms with Gasteiger partial charge in [0.25, 0.3) is 0 Å². The van der Waals surface area contributed by atoms with Crippen molar-refractivity contribution >= 4 is 5.97 Å². The molecule has 108 valence electrons. The zero-order valence-corrected chi connectivity index (χ0v) is 12.1. The molecule has 0 saturated carbocycles. The van der Waals surface area contributed by atoms with Gasteiger partial charge in [-0.25, -0.2) is 0 Å². The highest BCUT2D eigenvalue weighted by atomic mass is 16.5. The van der Waals surface area contributed by atoms with Crippen LogP contribution in [-0.2, 0) is 11.2 Å². The summed E-state index contributed by atoms with van der Waals surface area (Å²) in [5, 5.41) is 9.36. The molecule has 0 amide bonds. The molecule has 20 heavy (non-hydrogen) atoms. The zero-order chi connectivity index (χ0) is 14.3. The van der Waals surface area contributed by atoms with E-state index in [2.05, 4.69) is 17.0 Å². The number of carboxylic acids is 1. The Hall–Kier alpha value is -1.55. The van der Waals surface area contributed by atoms with Gasteiger partial charge in [-0.05, 0) is 56.0 Å². The lowest BCUT2D eigenvalue weighted by atomic mass is 9.90. The molecule has 0 aromatic heterocycles. The maximum absolute atomic E-state index is 11.4. The van der Waals surface area contributed by atoms with Crippen LogP contribution in [-0.4, -0.2) is 36.2 Å². The third-order valence-corrected chi connectivity index (χ3v) is 4.86. The van der Waals surface area contributed by atoms with Gasteiger partial charge in [0.15, 0.2) is 0 Å². The van der Waals surface area contributed by atoms with Crippen molar-refractivity contribution in [3.63, 3.8) is 0 Å². The number of ether oxygens (including phenoxy) is 1. The molecule has 2 atom stereocenters. The minimum Gasteiger partial charge on any atom is -0.497 e. The Morgan fingerprint density at radius 1 is 1.50 bits per heavy atom. The predicted octanol–water partition coefficient (Wildman–Crippen LogP) is 2.48. The molecule has 1 aliphatic heterocycles. The average Bonchev–Trinajstić information content (AvgIpc) is 3.02. The number of benzene rings is 1. The van der Waals surface area contributed by atoms with Crippen LogP contribution in [0.15, 0.2) is 18.2 Å². The fourth-order valence-corrected chi connectivity index (χ4v) is 3.50. The molecule has 2 aliphatic rings. The van der Waals surface area contributed by atoms with E-state index in [0.29, 0.717) is 12.6 Å². The lowest BCUT2D eigenvalue weighted by Crippen LogP contribution is -2.33. The highest BCUT2D eigenvalue weighted by molar-refractivity contribution is 5.74. The second-order valence-corrected chi connectivity index (χ2v) is 6.21. The monoisotopic (exact) mass is 275 g/mol. The minimum atomic E-state index is -0.677. The number of aryl methyl sites for hydroxylation is 1. The number of likely N-dealkylation sites (tertiary alicyclic amines) is 1. The summed E-state index contributed by atoms with van der Waals surface area (Å²) in [5.41, 5.74) is 2.10. The number of aliphatic carboxylic acids is 1. The second kappa shape index (κ2) is 4.77. The van der Waals surface area contributed by atoms with Crippen molar-refractivity contribution in [2.75, 3.05) is 20.2 Å². The Labute approximate surface area is 119 Å². The maximum atomic E-state index is 11.4. The summed E-state index contributed by atoms with van der Waals surface area (Å²) in [7, 11) is 1.68. The molecule has 1 aromatic carbocycles. The van der Waals surface area contributed by atoms with Crippen molar-refractivity contribution in [1.82, 2.24) is 4.90 Å². The number of carboxylic acid groups (broad SMARTS) is 1. The van der Waals surface area contributed by atoms with Crippen LogP contribution >= 0.6 is 0 Å². The van der Waals surface area contributed by atoms with Crippen molar-refractivity contribution in [3.8, 4) is 5.75 Å². The summed E-state index contributed by atoms with van der Waals surface area (Å²) in [6, 6.07) is 6.61. The van der Waals surface area contributed by atoms with Crippen molar-refractivity contribution in [3.05, 3.63) is 29.3 Å². The van der Waals surface area contributed by atoms with Gasteiger partial charge in [-0.1, -0.05) is 6.07 Å². The largest absolute Gasteiger partial charge is 0.497 e. The topological polar surface area (TPSA) is 49.8 Å². The standard InChI is InChI=1S/C16H21NO3/c1-16(15(18)19)7-8-17(10-16)14-6-4-11-3-5-12(20-2)9-13(11)14/h3,5,9,14H,4,6-8,10H2,1-2H3,(H,18,19). The van der Waals surface area contributed by atoms with E-state index in [9.17, 15) is 9.90 Å². The Kier molecular flexibility index (Phi) is 3.21. The Morgan fingerprint density at radius 2 is 2.30 bits per heavy atom. The summed E-state index contributed by atoms with van der Waals surface area (Å²) in [6.07, 6.45) is 2.89. The minimum absolute atomic E-state index is 0.348. The van der Waals surface area contributed by atoms with Gasteiger partial charge in [-0.15, -0.1) is 0 Å². The first-order valence-electron chi connectivity index (χ1n) is 7.18. The highest BCUT2D eigenvalue weighted by Gasteiger charge is 2.43. The predicted molar refractivity (Wildman–Crippen MR) is 76.0 cm³/mol. The molecule has 0 spiro atoms. The van der Waals surface area contributed by atoms with Crippen molar-refractivity contribution in [2.45, 2.75) is 32.2 Å². The van der Waals surface area contributed by atoms with Gasteiger partial charge >= 0.3 is 5.97 Å². The van der Waals surface area contributed by atoms with E-state index in [1.54, 1.807) is 7.11 Å². The number of hydrogen-bond donors (Lipinski definition) is 1. The van der Waals surface area contributed by atoms with E-state index < -0.39 is 11.4 Å². The van der Waals surface area contributed by atoms with E-state index in [1.807, 2.05) is 13.0 Å². The first-order chi connectivity index (χ1) is 9.53. The lowest BCUT2D eigenvalue weighted by Gasteiger charge is -2.26. The molecule has 1 aromatic rings. The Morgan fingerprint density at radius 3 is 2.95 bits per heavy atom. The van der Waals surface area contributed by atoms with Gasteiger partial charge in [0.05, 0.1) is 12.5 Å². The van der Waals surface area contributed by atoms with E-state index in [4.69, 9.17) is 4.74 Å². The Balaban J connectivity index is 1.83. The average molecular weight is 275 g/mol. The molecule has 4 nitrogen and oxygen atoms in total. The molecule has 4 heteroatoms. The summed E-state index contributed by atoms with van der Waals surface area (Å²) < 4.78 is 5.32. The first kappa shape index (κ1) is 13.4. The quantitative estimate of drug-likeness (QED) is 0.920. The van der Waals surface area contributed by atoms with Gasteiger partial charge in [-0.2, -0.15) is 0 Å². The smallest absolute Gasteiger partial charge is 0.310 e. The Bertz CT molecular complexity index is 543. The molecule has 1 saturated heterocycles. The highest BCUT2D eigenvalue weighted by Crippen LogP contribution is 2.42. The van der Waals surface area contributed by atoms with Gasteiger partial charge in [0, 0.05) is 12.6 Å². The summed E-state index contributed by atoms with van der Waals surface area (Å²) in [5.74, 6) is 0.208. The van der Waals surface area contributed by atoms with Crippen LogP contribution in [0.5, 0.6) is 5.75 Å². The molecular formula is C16H21NO3. The lowest BCUT2D eigenvalue weighted by molar-refractivity contribution is -0.147. The molecule has 0 bridgehead atoms. The van der Waals surface area contributed by atoms with Gasteiger partial charge in [-0.3, -0.25) is 9.69 Å². The molecule has 0 radical (unpaired) electrons. The number of carbonyl (C=O) groups is 1. The molecule has 1 fully saturated rings. The van der Waals surface area contributed by atoms with Crippen molar-refractivity contribution in [2.24, 2.45) is 5.41 Å². The van der Waals surface area contributed by atoms with Crippen LogP contribution in [0.2, 0.25) is 0 Å². The molecule has 1 heterocycles. The normalized spacial score (nSPS) is 29.4. The fraction of sp³-hybridized carbons (Fsp3) is 0.562. The number of methoxy groups -OCH3 is 1. The van der Waals surface area contributed by atoms with E-state index in [1.165, 1.54) is 11.1 Å². The van der Waals surface area contributed by atoms with Crippen molar-refractivity contribution in [1.29, 1.82) is 0 Å². The molecular weight excluding hydrogens is 254 g/mol. The maximum Gasteiger partial charge on any atom is 0.310 e. The number of rotatable bonds is 3. The fourth-order valence-electron chi connectivity index (χ4n) is 3.50. The molecule has 3 rings (SSSR count). The van der Waals surface area contributed by atoms with E-state index >= 15 is 0 Å². The van der Waals surface area contributed by atoms with Gasteiger partial charge < -0.3 is 9.84 Å². The van der Waals surface area contributed by atoms with Crippen LogP contribution in [0, 0.1) is 5.41 Å². The van der Waals surface area contributed by atoms with Crippen LogP contribution < -0.4 is 4.74 Å². The third kappa shape index (κ3) is 2.08. The van der Waals surface area contributed by atoms with E-state index in [-0.39, 0.29) is 0 Å². The first-order valence-corrected chi connectivity index (χ1v) is 7.18. The third-order valence-electron chi connectivity index (χ3n) is 4.86. The van der Waals surface area contributed by atoms with Crippen LogP contribution in [0.3, 0.4) is 0 Å². The molecule has 2 unspecified atom stereocenters. The van der Waals surface area contributed by atoms with Crippen molar-refractivity contribution < 1.29 is 14.6 Å². The summed E-state index contributed by atoms with van der Waals surface area (Å²) >= 11 is 0. The molecule has 1 N–H and O–H groups in total. The van der Waals surface area contributed by atoms with Crippen LogP contribution in [0.25, 0.3) is 0 Å². The van der Waals surface area contributed by atoms with Crippen LogP contribution in [0.1, 0.15) is 36.9 Å². The van der Waals surface area contributed by atoms with Gasteiger partial charge in [0.2, 0.25) is 0 Å². The number of hydrogen-bond acceptors (Lipinski definition) is 3. The van der Waals surface area contributed by atoms with E-state index in [0.717, 1.165) is 31.6 Å². The second-order valence-electron chi connectivity index (χ2n) is 6.21. The summed E-state index contributed by atoms with van der Waals surface area (Å²) in [4.78, 5) is 13.7. The number of nitrogens with zero attached hydrogens (tertiary/aromatic N) is 1.